The SMILES string of the molecule is [B]c1cc(C)c(P)c(OC(=O)CCOCCOCCOCCOCCOCCOCCOCCOCCC)c1[B]. The summed E-state index contributed by atoms with van der Waals surface area (Å²) in [6.07, 6.45) is 1.11. The Morgan fingerprint density at radius 2 is 1.00 bits per heavy atom. The number of rotatable bonds is 27. The molecule has 0 spiro atoms. The fourth-order valence-corrected chi connectivity index (χ4v) is 3.36. The largest absolute Gasteiger partial charge is 0.426 e. The normalized spacial score (nSPS) is 11.3. The van der Waals surface area contributed by atoms with E-state index in [1.165, 1.54) is 0 Å². The van der Waals surface area contributed by atoms with Gasteiger partial charge in [0.1, 0.15) is 21.4 Å². The van der Waals surface area contributed by atoms with Gasteiger partial charge in [0.15, 0.2) is 0 Å². The first-order valence-corrected chi connectivity index (χ1v) is 14.3. The summed E-state index contributed by atoms with van der Waals surface area (Å²) in [4.78, 5) is 12.1. The van der Waals surface area contributed by atoms with Crippen molar-refractivity contribution in [3.8, 4) is 5.75 Å². The molecule has 4 radical (unpaired) electrons. The van der Waals surface area contributed by atoms with Crippen LogP contribution in [-0.2, 0) is 42.7 Å². The van der Waals surface area contributed by atoms with Gasteiger partial charge < -0.3 is 42.6 Å². The van der Waals surface area contributed by atoms with Gasteiger partial charge in [0.05, 0.1) is 106 Å². The number of esters is 1. The van der Waals surface area contributed by atoms with Crippen molar-refractivity contribution >= 4 is 47.1 Å². The number of ether oxygens (including phenoxy) is 9. The molecule has 224 valence electrons. The smallest absolute Gasteiger partial charge is 0.313 e. The maximum Gasteiger partial charge on any atom is 0.313 e. The van der Waals surface area contributed by atoms with Crippen LogP contribution in [-0.4, -0.2) is 127 Å². The van der Waals surface area contributed by atoms with Gasteiger partial charge in [-0.25, -0.2) is 0 Å². The molecular weight excluding hydrogens is 537 g/mol. The first kappa shape index (κ1) is 37.0. The van der Waals surface area contributed by atoms with Gasteiger partial charge in [0.25, 0.3) is 0 Å². The molecule has 10 nitrogen and oxygen atoms in total. The predicted molar refractivity (Wildman–Crippen MR) is 158 cm³/mol. The van der Waals surface area contributed by atoms with E-state index in [4.69, 9.17) is 58.3 Å². The van der Waals surface area contributed by atoms with Gasteiger partial charge in [-0.15, -0.1) is 9.24 Å². The zero-order valence-corrected chi connectivity index (χ0v) is 25.3. The highest BCUT2D eigenvalue weighted by molar-refractivity contribution is 7.28. The number of aryl methyl sites for hydroxylation is 1. The summed E-state index contributed by atoms with van der Waals surface area (Å²) >= 11 is 0. The Morgan fingerprint density at radius 1 is 0.650 bits per heavy atom. The zero-order valence-electron chi connectivity index (χ0n) is 24.1. The quantitative estimate of drug-likeness (QED) is 0.0461. The summed E-state index contributed by atoms with van der Waals surface area (Å²) in [6.45, 7) is 11.9. The lowest BCUT2D eigenvalue weighted by Crippen LogP contribution is -2.33. The number of carbonyl (C=O) groups excluding carboxylic acids is 1. The van der Waals surface area contributed by atoms with Crippen LogP contribution in [0.25, 0.3) is 0 Å². The molecule has 1 aromatic rings. The molecule has 0 saturated carbocycles. The highest BCUT2D eigenvalue weighted by atomic mass is 31.0. The summed E-state index contributed by atoms with van der Waals surface area (Å²) in [5, 5.41) is 0.705. The molecular formula is C27H45B2O10P. The maximum absolute atomic E-state index is 12.1. The topological polar surface area (TPSA) is 100 Å². The van der Waals surface area contributed by atoms with Crippen molar-refractivity contribution in [1.82, 2.24) is 0 Å². The van der Waals surface area contributed by atoms with Gasteiger partial charge in [0, 0.05) is 11.9 Å². The van der Waals surface area contributed by atoms with Crippen molar-refractivity contribution in [2.75, 3.05) is 106 Å². The van der Waals surface area contributed by atoms with Crippen LogP contribution in [0.1, 0.15) is 25.3 Å². The molecule has 0 aliphatic carbocycles. The van der Waals surface area contributed by atoms with Crippen molar-refractivity contribution in [1.29, 1.82) is 0 Å². The lowest BCUT2D eigenvalue weighted by molar-refractivity contribution is -0.135. The van der Waals surface area contributed by atoms with E-state index < -0.39 is 5.97 Å². The van der Waals surface area contributed by atoms with Gasteiger partial charge in [-0.2, -0.15) is 0 Å². The van der Waals surface area contributed by atoms with Crippen molar-refractivity contribution in [3.63, 3.8) is 0 Å². The molecule has 0 heterocycles. The summed E-state index contributed by atoms with van der Waals surface area (Å²) in [6, 6.07) is 1.74. The van der Waals surface area contributed by atoms with Crippen LogP contribution in [0.3, 0.4) is 0 Å². The fourth-order valence-electron chi connectivity index (χ4n) is 3.06. The second-order valence-corrected chi connectivity index (χ2v) is 9.14. The van der Waals surface area contributed by atoms with Crippen molar-refractivity contribution in [3.05, 3.63) is 11.6 Å². The minimum Gasteiger partial charge on any atom is -0.426 e. The summed E-state index contributed by atoms with van der Waals surface area (Å²) in [7, 11) is 14.3. The monoisotopic (exact) mass is 582 g/mol. The highest BCUT2D eigenvalue weighted by Gasteiger charge is 2.13. The van der Waals surface area contributed by atoms with Crippen LogP contribution in [0.15, 0.2) is 6.07 Å². The Bertz CT molecular complexity index is 762. The molecule has 0 N–H and O–H groups in total. The molecule has 0 aliphatic heterocycles. The lowest BCUT2D eigenvalue weighted by atomic mass is 9.79. The average Bonchev–Trinajstić information content (AvgIpc) is 2.94. The zero-order chi connectivity index (χ0) is 29.3. The van der Waals surface area contributed by atoms with Crippen molar-refractivity contribution in [2.24, 2.45) is 0 Å². The summed E-state index contributed by atoms with van der Waals surface area (Å²) < 4.78 is 48.7. The van der Waals surface area contributed by atoms with Crippen LogP contribution in [0, 0.1) is 6.92 Å². The Hall–Kier alpha value is -1.07. The standard InChI is InChI=1S/C27H45B2O10P/c1-3-5-31-7-9-33-11-13-35-15-17-37-19-20-38-18-16-36-14-12-34-10-8-32-6-4-24(30)39-26-25(29)23(28)21-22(2)27(26)40/h21H,3-20,40H2,1-2H3. The molecule has 0 saturated heterocycles. The molecule has 1 rings (SSSR count). The Balaban J connectivity index is 1.80. The second-order valence-electron chi connectivity index (χ2n) is 8.56. The Kier molecular flexibility index (Phi) is 23.7. The van der Waals surface area contributed by atoms with E-state index in [-0.39, 0.29) is 24.2 Å². The van der Waals surface area contributed by atoms with E-state index in [1.54, 1.807) is 6.07 Å². The molecule has 1 unspecified atom stereocenters. The fraction of sp³-hybridized carbons (Fsp3) is 0.741. The molecule has 0 fully saturated rings. The lowest BCUT2D eigenvalue weighted by Gasteiger charge is -2.15. The van der Waals surface area contributed by atoms with Crippen LogP contribution >= 0.6 is 9.24 Å². The predicted octanol–water partition coefficient (Wildman–Crippen LogP) is -0.0787. The van der Waals surface area contributed by atoms with Gasteiger partial charge in [0.2, 0.25) is 0 Å². The highest BCUT2D eigenvalue weighted by Crippen LogP contribution is 2.10. The van der Waals surface area contributed by atoms with E-state index in [1.807, 2.05) is 6.92 Å². The third-order valence-corrected chi connectivity index (χ3v) is 5.93. The molecule has 0 amide bonds. The molecule has 0 aliphatic rings. The van der Waals surface area contributed by atoms with E-state index in [0.717, 1.165) is 18.6 Å². The Morgan fingerprint density at radius 3 is 1.38 bits per heavy atom. The van der Waals surface area contributed by atoms with E-state index in [2.05, 4.69) is 16.2 Å². The molecule has 1 aromatic carbocycles. The van der Waals surface area contributed by atoms with Crippen LogP contribution in [0.4, 0.5) is 0 Å². The first-order chi connectivity index (χ1) is 19.5. The number of hydrogen-bond acceptors (Lipinski definition) is 10. The molecule has 40 heavy (non-hydrogen) atoms. The minimum absolute atomic E-state index is 0.0879. The molecule has 13 heteroatoms. The average molecular weight is 582 g/mol. The summed E-state index contributed by atoms with van der Waals surface area (Å²) in [5.74, 6) is -0.170. The Labute approximate surface area is 244 Å². The van der Waals surface area contributed by atoms with Gasteiger partial charge >= 0.3 is 5.97 Å². The van der Waals surface area contributed by atoms with E-state index in [9.17, 15) is 4.79 Å². The van der Waals surface area contributed by atoms with Crippen LogP contribution in [0.5, 0.6) is 5.75 Å². The van der Waals surface area contributed by atoms with Crippen LogP contribution in [0.2, 0.25) is 0 Å². The van der Waals surface area contributed by atoms with Crippen molar-refractivity contribution in [2.45, 2.75) is 26.7 Å². The van der Waals surface area contributed by atoms with E-state index >= 15 is 0 Å². The second kappa shape index (κ2) is 25.6. The third-order valence-electron chi connectivity index (χ3n) is 5.22. The molecule has 0 aromatic heterocycles. The minimum atomic E-state index is -0.446. The summed E-state index contributed by atoms with van der Waals surface area (Å²) in [5.41, 5.74) is 1.50. The third kappa shape index (κ3) is 19.1. The first-order valence-electron chi connectivity index (χ1n) is 13.7. The van der Waals surface area contributed by atoms with Crippen molar-refractivity contribution < 1.29 is 47.4 Å². The van der Waals surface area contributed by atoms with Gasteiger partial charge in [-0.1, -0.05) is 23.9 Å². The number of hydrogen-bond donors (Lipinski definition) is 0. The van der Waals surface area contributed by atoms with E-state index in [0.29, 0.717) is 103 Å². The maximum atomic E-state index is 12.1. The number of carbonyl (C=O) groups is 1. The van der Waals surface area contributed by atoms with Gasteiger partial charge in [-0.05, 0) is 18.9 Å². The van der Waals surface area contributed by atoms with Crippen LogP contribution < -0.4 is 21.0 Å². The molecule has 0 bridgehead atoms. The molecule has 1 atom stereocenters. The van der Waals surface area contributed by atoms with Gasteiger partial charge in [-0.3, -0.25) is 4.79 Å². The number of benzene rings is 1.